The van der Waals surface area contributed by atoms with E-state index in [0.717, 1.165) is 12.8 Å². The quantitative estimate of drug-likeness (QED) is 0.355. The van der Waals surface area contributed by atoms with Gasteiger partial charge in [-0.1, -0.05) is 23.7 Å². The summed E-state index contributed by atoms with van der Waals surface area (Å²) in [4.78, 5) is 51.8. The molecule has 0 spiro atoms. The van der Waals surface area contributed by atoms with Gasteiger partial charge in [-0.15, -0.1) is 0 Å². The van der Waals surface area contributed by atoms with Crippen LogP contribution in [0.2, 0.25) is 0 Å². The number of nitrogens with zero attached hydrogens (tertiary/aromatic N) is 4. The molecule has 2 aromatic carbocycles. The van der Waals surface area contributed by atoms with Gasteiger partial charge in [0.1, 0.15) is 0 Å². The second kappa shape index (κ2) is 10.8. The van der Waals surface area contributed by atoms with Gasteiger partial charge in [-0.25, -0.2) is 9.59 Å². The molecule has 178 valence electrons. The van der Waals surface area contributed by atoms with Crippen LogP contribution in [0.25, 0.3) is 0 Å². The van der Waals surface area contributed by atoms with Gasteiger partial charge in [0, 0.05) is 37.0 Å². The predicted octanol–water partition coefficient (Wildman–Crippen LogP) is 4.51. The molecule has 0 aromatic heterocycles. The molecule has 34 heavy (non-hydrogen) atoms. The first-order chi connectivity index (χ1) is 16.2. The fourth-order valence-electron chi connectivity index (χ4n) is 3.49. The van der Waals surface area contributed by atoms with Crippen molar-refractivity contribution in [1.29, 1.82) is 0 Å². The van der Waals surface area contributed by atoms with Crippen LogP contribution in [-0.2, 0) is 4.84 Å². The molecule has 1 aliphatic carbocycles. The van der Waals surface area contributed by atoms with Gasteiger partial charge in [0.05, 0.1) is 27.3 Å². The largest absolute Gasteiger partial charge is 0.437 e. The lowest BCUT2D eigenvalue weighted by atomic mass is 9.92. The van der Waals surface area contributed by atoms with E-state index in [2.05, 4.69) is 15.8 Å². The lowest BCUT2D eigenvalue weighted by molar-refractivity contribution is -0.385. The molecule has 1 fully saturated rings. The Hall–Kier alpha value is -4.55. The van der Waals surface area contributed by atoms with Crippen molar-refractivity contribution in [3.8, 4) is 0 Å². The highest BCUT2D eigenvalue weighted by atomic mass is 16.7. The Balaban J connectivity index is 1.64. The van der Waals surface area contributed by atoms with Crippen LogP contribution in [0.3, 0.4) is 0 Å². The normalized spacial score (nSPS) is 16.4. The topological polar surface area (TPSA) is 169 Å². The van der Waals surface area contributed by atoms with Crippen molar-refractivity contribution in [2.24, 2.45) is 5.16 Å². The number of benzene rings is 2. The zero-order valence-corrected chi connectivity index (χ0v) is 18.2. The molecule has 3 amide bonds. The number of nitro benzene ring substituents is 2. The van der Waals surface area contributed by atoms with Crippen molar-refractivity contribution in [2.75, 3.05) is 17.7 Å². The molecule has 1 saturated carbocycles. The maximum absolute atomic E-state index is 12.7. The first-order valence-corrected chi connectivity index (χ1v) is 10.3. The molecule has 1 unspecified atom stereocenters. The smallest absolute Gasteiger partial charge is 0.319 e. The summed E-state index contributed by atoms with van der Waals surface area (Å²) >= 11 is 0. The maximum Gasteiger partial charge on any atom is 0.437 e. The number of non-ortho nitro benzene ring substituents is 2. The summed E-state index contributed by atoms with van der Waals surface area (Å²) in [6.07, 6.45) is 1.79. The van der Waals surface area contributed by atoms with E-state index < -0.39 is 28.0 Å². The summed E-state index contributed by atoms with van der Waals surface area (Å²) in [5, 5.41) is 30.7. The molecule has 0 aliphatic heterocycles. The lowest BCUT2D eigenvalue weighted by Gasteiger charge is -2.32. The molecule has 1 atom stereocenters. The number of rotatable bonds is 6. The number of nitrogens with one attached hydrogen (secondary N) is 2. The van der Waals surface area contributed by atoms with E-state index in [1.165, 1.54) is 53.4 Å². The number of carbonyl (C=O) groups excluding carboxylic acids is 2. The van der Waals surface area contributed by atoms with Crippen LogP contribution in [-0.4, -0.2) is 45.7 Å². The minimum Gasteiger partial charge on any atom is -0.319 e. The summed E-state index contributed by atoms with van der Waals surface area (Å²) < 4.78 is 0. The maximum atomic E-state index is 12.7. The van der Waals surface area contributed by atoms with Crippen LogP contribution >= 0.6 is 0 Å². The molecule has 2 aromatic rings. The van der Waals surface area contributed by atoms with Crippen LogP contribution in [0, 0.1) is 20.2 Å². The average molecular weight is 470 g/mol. The first-order valence-electron chi connectivity index (χ1n) is 10.3. The Kier molecular flexibility index (Phi) is 7.69. The zero-order valence-electron chi connectivity index (χ0n) is 18.2. The van der Waals surface area contributed by atoms with Crippen molar-refractivity contribution < 1.29 is 24.3 Å². The van der Waals surface area contributed by atoms with E-state index in [1.54, 1.807) is 7.05 Å². The summed E-state index contributed by atoms with van der Waals surface area (Å²) in [5.41, 5.74) is 0.592. The third-order valence-corrected chi connectivity index (χ3v) is 5.19. The van der Waals surface area contributed by atoms with Crippen LogP contribution in [0.1, 0.15) is 25.7 Å². The highest BCUT2D eigenvalue weighted by Gasteiger charge is 2.29. The molecule has 0 bridgehead atoms. The molecule has 1 aliphatic rings. The van der Waals surface area contributed by atoms with E-state index in [4.69, 9.17) is 4.84 Å². The molecule has 0 saturated heterocycles. The Morgan fingerprint density at radius 3 is 2.18 bits per heavy atom. The molecular formula is C21H22N6O7. The number of nitro groups is 2. The fraction of sp³-hybridized carbons (Fsp3) is 0.286. The number of hydrogen-bond acceptors (Lipinski definition) is 8. The summed E-state index contributed by atoms with van der Waals surface area (Å²) in [5.74, 6) is 0. The van der Waals surface area contributed by atoms with Crippen molar-refractivity contribution in [3.63, 3.8) is 0 Å². The van der Waals surface area contributed by atoms with Crippen molar-refractivity contribution in [1.82, 2.24) is 4.90 Å². The highest BCUT2D eigenvalue weighted by Crippen LogP contribution is 2.23. The van der Waals surface area contributed by atoms with Gasteiger partial charge >= 0.3 is 12.1 Å². The third kappa shape index (κ3) is 6.25. The Bertz CT molecular complexity index is 1140. The van der Waals surface area contributed by atoms with E-state index >= 15 is 0 Å². The fourth-order valence-corrected chi connectivity index (χ4v) is 3.49. The van der Waals surface area contributed by atoms with Gasteiger partial charge in [-0.05, 0) is 31.4 Å². The molecule has 3 rings (SSSR count). The summed E-state index contributed by atoms with van der Waals surface area (Å²) in [6, 6.07) is 10.00. The SMILES string of the molecule is CN(C(=O)Nc1cccc([N+](=O)[O-])c1)C1CCCC/C1=N\OC(=O)Nc1cccc([N+](=O)[O-])c1. The molecule has 13 nitrogen and oxygen atoms in total. The van der Waals surface area contributed by atoms with Gasteiger partial charge in [-0.3, -0.25) is 30.4 Å². The predicted molar refractivity (Wildman–Crippen MR) is 123 cm³/mol. The molecule has 13 heteroatoms. The third-order valence-electron chi connectivity index (χ3n) is 5.19. The summed E-state index contributed by atoms with van der Waals surface area (Å²) in [7, 11) is 1.56. The minimum atomic E-state index is -0.930. The van der Waals surface area contributed by atoms with Gasteiger partial charge in [0.25, 0.3) is 11.4 Å². The van der Waals surface area contributed by atoms with Gasteiger partial charge < -0.3 is 10.2 Å². The zero-order chi connectivity index (χ0) is 24.7. The molecular weight excluding hydrogens is 448 g/mol. The van der Waals surface area contributed by atoms with Crippen molar-refractivity contribution >= 4 is 40.6 Å². The first kappa shape index (κ1) is 24.1. The van der Waals surface area contributed by atoms with Crippen molar-refractivity contribution in [2.45, 2.75) is 31.7 Å². The van der Waals surface area contributed by atoms with Gasteiger partial charge in [0.2, 0.25) is 0 Å². The Morgan fingerprint density at radius 1 is 1.00 bits per heavy atom. The molecule has 0 radical (unpaired) electrons. The van der Waals surface area contributed by atoms with E-state index in [1.807, 2.05) is 0 Å². The number of carbonyl (C=O) groups is 2. The van der Waals surface area contributed by atoms with E-state index in [0.29, 0.717) is 18.6 Å². The van der Waals surface area contributed by atoms with Gasteiger partial charge in [-0.2, -0.15) is 0 Å². The van der Waals surface area contributed by atoms with Crippen LogP contribution < -0.4 is 10.6 Å². The lowest BCUT2D eigenvalue weighted by Crippen LogP contribution is -2.46. The standard InChI is InChI=1S/C21H22N6O7/c1-25(20(28)22-14-6-4-8-16(12-14)26(30)31)19-11-3-2-10-18(19)24-34-21(29)23-15-7-5-9-17(13-15)27(32)33/h4-9,12-13,19H,2-3,10-11H2,1H3,(H,22,28)(H,23,29)/b24-18+. The van der Waals surface area contributed by atoms with E-state index in [9.17, 15) is 29.8 Å². The average Bonchev–Trinajstić information content (AvgIpc) is 2.82. The van der Waals surface area contributed by atoms with Crippen LogP contribution in [0.5, 0.6) is 0 Å². The van der Waals surface area contributed by atoms with Gasteiger partial charge in [0.15, 0.2) is 0 Å². The number of urea groups is 1. The molecule has 2 N–H and O–H groups in total. The van der Waals surface area contributed by atoms with E-state index in [-0.39, 0.29) is 22.7 Å². The van der Waals surface area contributed by atoms with Crippen LogP contribution in [0.15, 0.2) is 53.7 Å². The number of amides is 3. The van der Waals surface area contributed by atoms with Crippen molar-refractivity contribution in [3.05, 3.63) is 68.8 Å². The molecule has 0 heterocycles. The Morgan fingerprint density at radius 2 is 1.59 bits per heavy atom. The highest BCUT2D eigenvalue weighted by molar-refractivity contribution is 5.97. The Labute approximate surface area is 193 Å². The number of anilines is 2. The summed E-state index contributed by atoms with van der Waals surface area (Å²) in [6.45, 7) is 0. The number of hydrogen-bond donors (Lipinski definition) is 2. The second-order valence-corrected chi connectivity index (χ2v) is 7.50. The van der Waals surface area contributed by atoms with Crippen LogP contribution in [0.4, 0.5) is 32.3 Å². The number of oxime groups is 1. The monoisotopic (exact) mass is 470 g/mol. The second-order valence-electron chi connectivity index (χ2n) is 7.50. The minimum absolute atomic E-state index is 0.150.